The first-order valence-corrected chi connectivity index (χ1v) is 10.5. The molecule has 29 heavy (non-hydrogen) atoms. The fraction of sp³-hybridized carbons (Fsp3) is 0.500. The van der Waals surface area contributed by atoms with Crippen LogP contribution in [0.25, 0.3) is 0 Å². The van der Waals surface area contributed by atoms with Crippen LogP contribution in [0.2, 0.25) is 0 Å². The Hall–Kier alpha value is -2.83. The largest absolute Gasteiger partial charge is 0.484 e. The molecule has 1 saturated carbocycles. The molecule has 2 aromatic rings. The Kier molecular flexibility index (Phi) is 6.12. The van der Waals surface area contributed by atoms with Gasteiger partial charge in [0.25, 0.3) is 11.8 Å². The second-order valence-corrected chi connectivity index (χ2v) is 7.86. The summed E-state index contributed by atoms with van der Waals surface area (Å²) < 4.78 is 5.64. The Bertz CT molecular complexity index is 830. The van der Waals surface area contributed by atoms with Crippen LogP contribution in [0.5, 0.6) is 5.75 Å². The number of carbonyl (C=O) groups is 2. The SMILES string of the molecule is O=C(NC1CCCC1)c1cc(C2CCCCN2C(=O)COc2ccccc2)[nH]n1. The van der Waals surface area contributed by atoms with Gasteiger partial charge in [-0.2, -0.15) is 5.10 Å². The van der Waals surface area contributed by atoms with E-state index in [1.54, 1.807) is 6.07 Å². The van der Waals surface area contributed by atoms with Gasteiger partial charge in [-0.1, -0.05) is 31.0 Å². The fourth-order valence-electron chi connectivity index (χ4n) is 4.25. The lowest BCUT2D eigenvalue weighted by Crippen LogP contribution is -2.41. The van der Waals surface area contributed by atoms with Gasteiger partial charge < -0.3 is 15.0 Å². The van der Waals surface area contributed by atoms with Crippen molar-refractivity contribution in [3.63, 3.8) is 0 Å². The lowest BCUT2D eigenvalue weighted by Gasteiger charge is -2.35. The van der Waals surface area contributed by atoms with E-state index >= 15 is 0 Å². The number of H-pyrrole nitrogens is 1. The van der Waals surface area contributed by atoms with Crippen molar-refractivity contribution in [3.8, 4) is 5.75 Å². The van der Waals surface area contributed by atoms with Crippen LogP contribution in [-0.2, 0) is 4.79 Å². The summed E-state index contributed by atoms with van der Waals surface area (Å²) >= 11 is 0. The summed E-state index contributed by atoms with van der Waals surface area (Å²) in [5, 5.41) is 10.3. The van der Waals surface area contributed by atoms with Crippen molar-refractivity contribution in [2.45, 2.75) is 57.0 Å². The molecule has 0 bridgehead atoms. The van der Waals surface area contributed by atoms with Crippen molar-refractivity contribution in [3.05, 3.63) is 47.8 Å². The van der Waals surface area contributed by atoms with Gasteiger partial charge in [-0.05, 0) is 50.3 Å². The summed E-state index contributed by atoms with van der Waals surface area (Å²) in [5.74, 6) is 0.493. The van der Waals surface area contributed by atoms with Crippen molar-refractivity contribution < 1.29 is 14.3 Å². The summed E-state index contributed by atoms with van der Waals surface area (Å²) in [7, 11) is 0. The van der Waals surface area contributed by atoms with Gasteiger partial charge in [0.05, 0.1) is 11.7 Å². The highest BCUT2D eigenvalue weighted by Crippen LogP contribution is 2.30. The lowest BCUT2D eigenvalue weighted by atomic mass is 9.99. The normalized spacial score (nSPS) is 19.9. The molecule has 1 aliphatic heterocycles. The number of aromatic nitrogens is 2. The van der Waals surface area contributed by atoms with E-state index < -0.39 is 0 Å². The maximum atomic E-state index is 12.8. The molecule has 2 heterocycles. The first kappa shape index (κ1) is 19.5. The average Bonchev–Trinajstić information content (AvgIpc) is 3.45. The zero-order valence-electron chi connectivity index (χ0n) is 16.6. The molecule has 7 nitrogen and oxygen atoms in total. The molecule has 1 aromatic heterocycles. The maximum absolute atomic E-state index is 12.8. The Balaban J connectivity index is 1.39. The molecule has 1 atom stereocenters. The number of carbonyl (C=O) groups excluding carboxylic acids is 2. The first-order valence-electron chi connectivity index (χ1n) is 10.5. The Labute approximate surface area is 170 Å². The summed E-state index contributed by atoms with van der Waals surface area (Å²) in [6.07, 6.45) is 7.27. The molecule has 2 fully saturated rings. The third kappa shape index (κ3) is 4.78. The number of amides is 2. The van der Waals surface area contributed by atoms with Gasteiger partial charge in [0.1, 0.15) is 11.4 Å². The first-order chi connectivity index (χ1) is 14.2. The van der Waals surface area contributed by atoms with Crippen LogP contribution in [0.4, 0.5) is 0 Å². The number of nitrogens with zero attached hydrogens (tertiary/aromatic N) is 2. The van der Waals surface area contributed by atoms with Gasteiger partial charge >= 0.3 is 0 Å². The zero-order chi connectivity index (χ0) is 20.1. The van der Waals surface area contributed by atoms with Gasteiger partial charge in [-0.15, -0.1) is 0 Å². The van der Waals surface area contributed by atoms with Crippen LogP contribution in [-0.4, -0.2) is 46.1 Å². The number of hydrogen-bond acceptors (Lipinski definition) is 4. The molecule has 2 N–H and O–H groups in total. The summed E-state index contributed by atoms with van der Waals surface area (Å²) in [4.78, 5) is 27.1. The minimum atomic E-state index is -0.138. The van der Waals surface area contributed by atoms with Crippen LogP contribution in [0.15, 0.2) is 36.4 Å². The molecule has 4 rings (SSSR count). The van der Waals surface area contributed by atoms with E-state index in [0.717, 1.165) is 37.8 Å². The Morgan fingerprint density at radius 1 is 1.10 bits per heavy atom. The third-order valence-corrected chi connectivity index (χ3v) is 5.81. The number of piperidine rings is 1. The third-order valence-electron chi connectivity index (χ3n) is 5.81. The smallest absolute Gasteiger partial charge is 0.271 e. The van der Waals surface area contributed by atoms with Crippen LogP contribution in [0.1, 0.15) is 67.2 Å². The number of rotatable bonds is 6. The topological polar surface area (TPSA) is 87.3 Å². The van der Waals surface area contributed by atoms with Crippen molar-refractivity contribution >= 4 is 11.8 Å². The molecule has 1 saturated heterocycles. The average molecular weight is 396 g/mol. The van der Waals surface area contributed by atoms with Crippen molar-refractivity contribution in [1.29, 1.82) is 0 Å². The Morgan fingerprint density at radius 2 is 1.86 bits per heavy atom. The van der Waals surface area contributed by atoms with Crippen molar-refractivity contribution in [1.82, 2.24) is 20.4 Å². The number of benzene rings is 1. The molecule has 2 aliphatic rings. The molecular weight excluding hydrogens is 368 g/mol. The summed E-state index contributed by atoms with van der Waals surface area (Å²) in [5.41, 5.74) is 1.21. The molecule has 1 aliphatic carbocycles. The van der Waals surface area contributed by atoms with Gasteiger partial charge in [0, 0.05) is 12.6 Å². The molecule has 0 spiro atoms. The van der Waals surface area contributed by atoms with E-state index in [4.69, 9.17) is 4.74 Å². The molecule has 0 radical (unpaired) electrons. The number of aromatic amines is 1. The number of hydrogen-bond donors (Lipinski definition) is 2. The fourth-order valence-corrected chi connectivity index (χ4v) is 4.25. The predicted octanol–water partition coefficient (Wildman–Crippen LogP) is 3.21. The minimum absolute atomic E-state index is 0.00364. The Morgan fingerprint density at radius 3 is 2.66 bits per heavy atom. The predicted molar refractivity (Wildman–Crippen MR) is 109 cm³/mol. The molecule has 7 heteroatoms. The summed E-state index contributed by atoms with van der Waals surface area (Å²) in [6.45, 7) is 0.688. The van der Waals surface area contributed by atoms with Gasteiger partial charge in [0.2, 0.25) is 0 Å². The molecular formula is C22H28N4O3. The highest BCUT2D eigenvalue weighted by Gasteiger charge is 2.30. The minimum Gasteiger partial charge on any atom is -0.484 e. The van der Waals surface area contributed by atoms with E-state index in [2.05, 4.69) is 15.5 Å². The number of para-hydroxylation sites is 1. The quantitative estimate of drug-likeness (QED) is 0.785. The number of nitrogens with one attached hydrogen (secondary N) is 2. The highest BCUT2D eigenvalue weighted by atomic mass is 16.5. The maximum Gasteiger partial charge on any atom is 0.271 e. The molecule has 1 unspecified atom stereocenters. The standard InChI is InChI=1S/C22H28N4O3/c27-21(15-29-17-10-2-1-3-11-17)26-13-7-6-12-20(26)18-14-19(25-24-18)22(28)23-16-8-4-5-9-16/h1-3,10-11,14,16,20H,4-9,12-13,15H2,(H,23,28)(H,24,25). The van der Waals surface area contributed by atoms with E-state index in [-0.39, 0.29) is 30.5 Å². The second-order valence-electron chi connectivity index (χ2n) is 7.86. The molecule has 154 valence electrons. The van der Waals surface area contributed by atoms with Crippen LogP contribution < -0.4 is 10.1 Å². The lowest BCUT2D eigenvalue weighted by molar-refractivity contribution is -0.137. The highest BCUT2D eigenvalue weighted by molar-refractivity contribution is 5.92. The molecule has 1 aromatic carbocycles. The zero-order valence-corrected chi connectivity index (χ0v) is 16.6. The number of ether oxygens (including phenoxy) is 1. The van der Waals surface area contributed by atoms with Gasteiger partial charge in [0.15, 0.2) is 6.61 Å². The van der Waals surface area contributed by atoms with Gasteiger partial charge in [-0.25, -0.2) is 0 Å². The number of likely N-dealkylation sites (tertiary alicyclic amines) is 1. The van der Waals surface area contributed by atoms with Crippen LogP contribution in [0, 0.1) is 0 Å². The van der Waals surface area contributed by atoms with Crippen LogP contribution in [0.3, 0.4) is 0 Å². The summed E-state index contributed by atoms with van der Waals surface area (Å²) in [6, 6.07) is 11.3. The second kappa shape index (κ2) is 9.11. The van der Waals surface area contributed by atoms with Crippen LogP contribution >= 0.6 is 0 Å². The molecule has 2 amide bonds. The van der Waals surface area contributed by atoms with E-state index in [1.807, 2.05) is 35.2 Å². The van der Waals surface area contributed by atoms with Crippen molar-refractivity contribution in [2.24, 2.45) is 0 Å². The van der Waals surface area contributed by atoms with E-state index in [0.29, 0.717) is 18.0 Å². The monoisotopic (exact) mass is 396 g/mol. The van der Waals surface area contributed by atoms with Crippen molar-refractivity contribution in [2.75, 3.05) is 13.2 Å². The van der Waals surface area contributed by atoms with E-state index in [9.17, 15) is 9.59 Å². The van der Waals surface area contributed by atoms with E-state index in [1.165, 1.54) is 12.8 Å². The van der Waals surface area contributed by atoms with Gasteiger partial charge in [-0.3, -0.25) is 14.7 Å².